The zero-order valence-corrected chi connectivity index (χ0v) is 19.6. The molecule has 176 valence electrons. The molecule has 1 fully saturated rings. The Kier molecular flexibility index (Phi) is 17.4. The Hall–Kier alpha value is -1.51. The monoisotopic (exact) mass is 429 g/mol. The lowest BCUT2D eigenvalue weighted by Gasteiger charge is -2.16. The second-order valence-electron chi connectivity index (χ2n) is 7.43. The predicted octanol–water partition coefficient (Wildman–Crippen LogP) is 1.97. The van der Waals surface area contributed by atoms with E-state index in [0.717, 1.165) is 25.8 Å². The van der Waals surface area contributed by atoms with Gasteiger partial charge in [0.25, 0.3) is 0 Å². The number of carbonyl (C=O) groups excluding carboxylic acids is 3. The molecule has 1 atom stereocenters. The van der Waals surface area contributed by atoms with Crippen molar-refractivity contribution in [1.29, 1.82) is 0 Å². The first-order chi connectivity index (χ1) is 14.5. The van der Waals surface area contributed by atoms with Crippen LogP contribution >= 0.6 is 0 Å². The van der Waals surface area contributed by atoms with E-state index < -0.39 is 0 Å². The summed E-state index contributed by atoms with van der Waals surface area (Å²) in [5.74, 6) is -0.0680. The van der Waals surface area contributed by atoms with E-state index in [1.807, 2.05) is 34.7 Å². The quantitative estimate of drug-likeness (QED) is 0.288. The predicted molar refractivity (Wildman–Crippen MR) is 118 cm³/mol. The minimum absolute atomic E-state index is 0.00191. The summed E-state index contributed by atoms with van der Waals surface area (Å²) in [5.41, 5.74) is 0. The van der Waals surface area contributed by atoms with Crippen LogP contribution in [-0.2, 0) is 23.9 Å². The average molecular weight is 430 g/mol. The van der Waals surface area contributed by atoms with Crippen molar-refractivity contribution in [2.24, 2.45) is 11.8 Å². The minimum atomic E-state index is -0.166. The largest absolute Gasteiger partial charge is 0.378 e. The molecule has 0 aromatic rings. The van der Waals surface area contributed by atoms with Crippen molar-refractivity contribution >= 4 is 17.7 Å². The number of likely N-dealkylation sites (N-methyl/N-ethyl adjacent to an activating group) is 1. The molecule has 0 spiro atoms. The molecule has 0 aromatic heterocycles. The smallest absolute Gasteiger partial charge is 0.233 e. The van der Waals surface area contributed by atoms with E-state index in [1.165, 1.54) is 4.90 Å². The molecule has 0 aromatic carbocycles. The molecule has 1 heterocycles. The summed E-state index contributed by atoms with van der Waals surface area (Å²) in [5, 5.41) is 5.82. The molecule has 1 aliphatic heterocycles. The van der Waals surface area contributed by atoms with Crippen molar-refractivity contribution in [2.75, 3.05) is 53.1 Å². The molecule has 1 unspecified atom stereocenters. The zero-order chi connectivity index (χ0) is 22.8. The fraction of sp³-hybridized carbons (Fsp3) is 0.864. The van der Waals surface area contributed by atoms with Crippen LogP contribution < -0.4 is 10.6 Å². The first kappa shape index (κ1) is 28.5. The van der Waals surface area contributed by atoms with Gasteiger partial charge >= 0.3 is 0 Å². The van der Waals surface area contributed by atoms with Crippen LogP contribution in [0.5, 0.6) is 0 Å². The van der Waals surface area contributed by atoms with E-state index in [9.17, 15) is 14.4 Å². The summed E-state index contributed by atoms with van der Waals surface area (Å²) in [6.07, 6.45) is 3.09. The number of nitrogens with zero attached hydrogens (tertiary/aromatic N) is 1. The van der Waals surface area contributed by atoms with Crippen molar-refractivity contribution in [1.82, 2.24) is 15.5 Å². The second-order valence-corrected chi connectivity index (χ2v) is 7.43. The number of carbonyl (C=O) groups is 3. The number of likely N-dealkylation sites (tertiary alicyclic amines) is 1. The highest BCUT2D eigenvalue weighted by molar-refractivity contribution is 6.03. The van der Waals surface area contributed by atoms with Gasteiger partial charge in [0.1, 0.15) is 0 Å². The minimum Gasteiger partial charge on any atom is -0.378 e. The lowest BCUT2D eigenvalue weighted by atomic mass is 9.94. The number of unbranched alkanes of at least 4 members (excludes halogenated alkanes) is 2. The summed E-state index contributed by atoms with van der Waals surface area (Å²) < 4.78 is 10.7. The maximum atomic E-state index is 12.2. The van der Waals surface area contributed by atoms with E-state index in [1.54, 1.807) is 0 Å². The van der Waals surface area contributed by atoms with Crippen LogP contribution in [-0.4, -0.2) is 75.7 Å². The number of hydrogen-bond donors (Lipinski definition) is 2. The highest BCUT2D eigenvalue weighted by Crippen LogP contribution is 2.26. The summed E-state index contributed by atoms with van der Waals surface area (Å²) >= 11 is 0. The molecule has 0 saturated carbocycles. The lowest BCUT2D eigenvalue weighted by molar-refractivity contribution is -0.139. The first-order valence-corrected chi connectivity index (χ1v) is 11.4. The van der Waals surface area contributed by atoms with Gasteiger partial charge in [-0.1, -0.05) is 34.1 Å². The number of hydrogen-bond acceptors (Lipinski definition) is 6. The summed E-state index contributed by atoms with van der Waals surface area (Å²) in [4.78, 5) is 37.3. The van der Waals surface area contributed by atoms with Crippen molar-refractivity contribution in [3.63, 3.8) is 0 Å². The van der Waals surface area contributed by atoms with Gasteiger partial charge in [-0.25, -0.2) is 0 Å². The molecule has 1 rings (SSSR count). The van der Waals surface area contributed by atoms with Gasteiger partial charge in [0.15, 0.2) is 0 Å². The zero-order valence-electron chi connectivity index (χ0n) is 19.6. The molecule has 1 aliphatic rings. The summed E-state index contributed by atoms with van der Waals surface area (Å²) in [7, 11) is 1.87. The Labute approximate surface area is 182 Å². The third-order valence-electron chi connectivity index (χ3n) is 4.81. The molecule has 2 N–H and O–H groups in total. The van der Waals surface area contributed by atoms with Crippen molar-refractivity contribution < 1.29 is 23.9 Å². The molecule has 30 heavy (non-hydrogen) atoms. The van der Waals surface area contributed by atoms with Crippen LogP contribution in [0.4, 0.5) is 0 Å². The van der Waals surface area contributed by atoms with Gasteiger partial charge in [0, 0.05) is 38.4 Å². The maximum absolute atomic E-state index is 12.2. The van der Waals surface area contributed by atoms with Gasteiger partial charge in [-0.05, 0) is 25.8 Å². The molecular weight excluding hydrogens is 386 g/mol. The van der Waals surface area contributed by atoms with E-state index in [2.05, 4.69) is 10.6 Å². The first-order valence-electron chi connectivity index (χ1n) is 11.4. The van der Waals surface area contributed by atoms with Gasteiger partial charge < -0.3 is 20.1 Å². The molecule has 8 nitrogen and oxygen atoms in total. The third-order valence-corrected chi connectivity index (χ3v) is 4.81. The molecular formula is C22H43N3O5. The maximum Gasteiger partial charge on any atom is 0.233 e. The lowest BCUT2D eigenvalue weighted by Crippen LogP contribution is -2.32. The molecule has 1 saturated heterocycles. The Morgan fingerprint density at radius 1 is 1.03 bits per heavy atom. The normalized spacial score (nSPS) is 16.1. The van der Waals surface area contributed by atoms with Gasteiger partial charge in [-0.15, -0.1) is 0 Å². The number of imide groups is 1. The van der Waals surface area contributed by atoms with Gasteiger partial charge in [-0.2, -0.15) is 0 Å². The van der Waals surface area contributed by atoms with Gasteiger partial charge in [0.05, 0.1) is 26.4 Å². The molecule has 0 aliphatic carbocycles. The summed E-state index contributed by atoms with van der Waals surface area (Å²) in [6, 6.07) is 0. The fourth-order valence-electron chi connectivity index (χ4n) is 3.04. The van der Waals surface area contributed by atoms with Crippen LogP contribution in [0.15, 0.2) is 0 Å². The van der Waals surface area contributed by atoms with E-state index in [0.29, 0.717) is 52.4 Å². The Balaban J connectivity index is 0.00000407. The molecule has 0 radical (unpaired) electrons. The van der Waals surface area contributed by atoms with Crippen LogP contribution in [0.25, 0.3) is 0 Å². The van der Waals surface area contributed by atoms with Crippen LogP contribution in [0.3, 0.4) is 0 Å². The Bertz CT molecular complexity index is 485. The Morgan fingerprint density at radius 3 is 2.23 bits per heavy atom. The molecule has 8 heteroatoms. The topological polar surface area (TPSA) is 97.0 Å². The van der Waals surface area contributed by atoms with Crippen LogP contribution in [0.2, 0.25) is 0 Å². The van der Waals surface area contributed by atoms with Crippen LogP contribution in [0.1, 0.15) is 59.8 Å². The van der Waals surface area contributed by atoms with Gasteiger partial charge in [0.2, 0.25) is 17.7 Å². The number of amides is 3. The van der Waals surface area contributed by atoms with Gasteiger partial charge in [-0.3, -0.25) is 19.3 Å². The number of ether oxygens (including phenoxy) is 2. The van der Waals surface area contributed by atoms with Crippen molar-refractivity contribution in [3.8, 4) is 0 Å². The SMILES string of the molecule is CC.CNCCOCCOCCNC(=O)CCCCCN1C(=O)CC(C(C)C)C1=O. The second kappa shape index (κ2) is 18.3. The highest BCUT2D eigenvalue weighted by Gasteiger charge is 2.39. The standard InChI is InChI=1S/C20H37N3O5.C2H6/c1-16(2)17-15-19(25)23(20(17)26)10-6-4-5-7-18(24)22-9-12-28-14-13-27-11-8-21-3;1-2/h16-17,21H,4-15H2,1-3H3,(H,22,24);1-2H3. The van der Waals surface area contributed by atoms with E-state index in [-0.39, 0.29) is 29.6 Å². The van der Waals surface area contributed by atoms with E-state index in [4.69, 9.17) is 9.47 Å². The van der Waals surface area contributed by atoms with Crippen LogP contribution in [0, 0.1) is 11.8 Å². The van der Waals surface area contributed by atoms with Crippen molar-refractivity contribution in [3.05, 3.63) is 0 Å². The average Bonchev–Trinajstić information content (AvgIpc) is 3.02. The number of nitrogens with one attached hydrogen (secondary N) is 2. The third kappa shape index (κ3) is 12.2. The molecule has 0 bridgehead atoms. The van der Waals surface area contributed by atoms with Crippen molar-refractivity contribution in [2.45, 2.75) is 59.8 Å². The highest BCUT2D eigenvalue weighted by atomic mass is 16.5. The number of rotatable bonds is 16. The molecule has 3 amide bonds. The fourth-order valence-corrected chi connectivity index (χ4v) is 3.04. The Morgan fingerprint density at radius 2 is 1.67 bits per heavy atom. The van der Waals surface area contributed by atoms with E-state index >= 15 is 0 Å². The summed E-state index contributed by atoms with van der Waals surface area (Å²) in [6.45, 7) is 11.9.